The lowest BCUT2D eigenvalue weighted by molar-refractivity contribution is -0.133. The first kappa shape index (κ1) is 16.1. The molecule has 0 amide bonds. The van der Waals surface area contributed by atoms with Gasteiger partial charge in [0, 0.05) is 0 Å². The lowest BCUT2D eigenvalue weighted by atomic mass is 10.2. The van der Waals surface area contributed by atoms with Gasteiger partial charge in [0.05, 0.1) is 4.90 Å². The third-order valence-electron chi connectivity index (χ3n) is 2.75. The molecule has 2 aromatic carbocycles. The summed E-state index contributed by atoms with van der Waals surface area (Å²) in [6.45, 7) is 1.32. The van der Waals surface area contributed by atoms with Crippen molar-refractivity contribution in [2.24, 2.45) is 0 Å². The highest BCUT2D eigenvalue weighted by molar-refractivity contribution is 7.89. The number of halogens is 1. The molecule has 22 heavy (non-hydrogen) atoms. The van der Waals surface area contributed by atoms with Gasteiger partial charge in [-0.15, -0.1) is 0 Å². The zero-order valence-electron chi connectivity index (χ0n) is 11.7. The van der Waals surface area contributed by atoms with E-state index in [2.05, 4.69) is 4.72 Å². The number of hydrogen-bond donors (Lipinski definition) is 1. The molecule has 0 spiro atoms. The molecule has 0 atom stereocenters. The van der Waals surface area contributed by atoms with Crippen LogP contribution in [0.25, 0.3) is 0 Å². The molecule has 0 aliphatic carbocycles. The summed E-state index contributed by atoms with van der Waals surface area (Å²) in [5.41, 5.74) is 0.914. The molecule has 0 saturated heterocycles. The van der Waals surface area contributed by atoms with Gasteiger partial charge in [0.25, 0.3) is 0 Å². The van der Waals surface area contributed by atoms with Crippen LogP contribution in [-0.4, -0.2) is 20.9 Å². The Morgan fingerprint density at radius 2 is 1.86 bits per heavy atom. The van der Waals surface area contributed by atoms with Crippen molar-refractivity contribution in [3.63, 3.8) is 0 Å². The van der Waals surface area contributed by atoms with Crippen LogP contribution in [0.3, 0.4) is 0 Å². The van der Waals surface area contributed by atoms with Crippen LogP contribution >= 0.6 is 0 Å². The van der Waals surface area contributed by atoms with E-state index in [-0.39, 0.29) is 4.90 Å². The molecule has 0 aromatic heterocycles. The van der Waals surface area contributed by atoms with Crippen LogP contribution in [0, 0.1) is 12.7 Å². The Hall–Kier alpha value is -2.25. The van der Waals surface area contributed by atoms with Crippen molar-refractivity contribution in [2.45, 2.75) is 11.8 Å². The van der Waals surface area contributed by atoms with Crippen molar-refractivity contribution >= 4 is 16.0 Å². The summed E-state index contributed by atoms with van der Waals surface area (Å²) in [7, 11) is -3.89. The maximum Gasteiger partial charge on any atom is 0.326 e. The summed E-state index contributed by atoms with van der Waals surface area (Å²) < 4.78 is 43.7. The van der Waals surface area contributed by atoms with E-state index in [0.717, 1.165) is 29.8 Å². The van der Waals surface area contributed by atoms with Gasteiger partial charge in [0.1, 0.15) is 18.1 Å². The summed E-state index contributed by atoms with van der Waals surface area (Å²) in [5.74, 6) is -0.944. The first-order chi connectivity index (χ1) is 10.4. The standard InChI is InChI=1S/C15H14FNO4S/c1-11-3-2-4-13(9-11)21-15(18)10-17-22(19,20)14-7-5-12(16)6-8-14/h2-9,17H,10H2,1H3. The summed E-state index contributed by atoms with van der Waals surface area (Å²) in [6, 6.07) is 11.1. The molecule has 0 radical (unpaired) electrons. The second-order valence-electron chi connectivity index (χ2n) is 4.57. The molecule has 116 valence electrons. The Kier molecular flexibility index (Phi) is 4.89. The van der Waals surface area contributed by atoms with Crippen LogP contribution in [0.2, 0.25) is 0 Å². The predicted octanol–water partition coefficient (Wildman–Crippen LogP) is 2.02. The van der Waals surface area contributed by atoms with Gasteiger partial charge in [-0.25, -0.2) is 12.8 Å². The smallest absolute Gasteiger partial charge is 0.326 e. The third kappa shape index (κ3) is 4.37. The molecule has 0 saturated carbocycles. The lowest BCUT2D eigenvalue weighted by Gasteiger charge is -2.07. The van der Waals surface area contributed by atoms with Crippen LogP contribution in [0.4, 0.5) is 4.39 Å². The third-order valence-corrected chi connectivity index (χ3v) is 4.17. The highest BCUT2D eigenvalue weighted by Crippen LogP contribution is 2.13. The largest absolute Gasteiger partial charge is 0.426 e. The molecule has 0 aliphatic rings. The van der Waals surface area contributed by atoms with E-state index in [1.54, 1.807) is 18.2 Å². The molecule has 2 aromatic rings. The zero-order valence-corrected chi connectivity index (χ0v) is 12.6. The van der Waals surface area contributed by atoms with Gasteiger partial charge in [-0.3, -0.25) is 4.79 Å². The predicted molar refractivity (Wildman–Crippen MR) is 78.4 cm³/mol. The SMILES string of the molecule is Cc1cccc(OC(=O)CNS(=O)(=O)c2ccc(F)cc2)c1. The van der Waals surface area contributed by atoms with Crippen molar-refractivity contribution < 1.29 is 22.3 Å². The topological polar surface area (TPSA) is 72.5 Å². The first-order valence-electron chi connectivity index (χ1n) is 6.39. The number of nitrogens with one attached hydrogen (secondary N) is 1. The molecular formula is C15H14FNO4S. The van der Waals surface area contributed by atoms with E-state index in [1.807, 2.05) is 13.0 Å². The molecule has 7 heteroatoms. The highest BCUT2D eigenvalue weighted by Gasteiger charge is 2.16. The zero-order chi connectivity index (χ0) is 16.2. The molecule has 1 N–H and O–H groups in total. The highest BCUT2D eigenvalue weighted by atomic mass is 32.2. The maximum atomic E-state index is 12.8. The second-order valence-corrected chi connectivity index (χ2v) is 6.34. The van der Waals surface area contributed by atoms with Gasteiger partial charge in [0.15, 0.2) is 0 Å². The van der Waals surface area contributed by atoms with Gasteiger partial charge >= 0.3 is 5.97 Å². The first-order valence-corrected chi connectivity index (χ1v) is 7.88. The van der Waals surface area contributed by atoms with Gasteiger partial charge in [-0.2, -0.15) is 4.72 Å². The van der Waals surface area contributed by atoms with Crippen LogP contribution in [0.15, 0.2) is 53.4 Å². The molecule has 0 aliphatic heterocycles. The van der Waals surface area contributed by atoms with Gasteiger partial charge < -0.3 is 4.74 Å². The second kappa shape index (κ2) is 6.67. The molecule has 0 bridgehead atoms. The van der Waals surface area contributed by atoms with Gasteiger partial charge in [-0.05, 0) is 48.9 Å². The average molecular weight is 323 g/mol. The minimum absolute atomic E-state index is 0.128. The van der Waals surface area contributed by atoms with E-state index in [4.69, 9.17) is 4.74 Å². The van der Waals surface area contributed by atoms with Crippen LogP contribution in [0.5, 0.6) is 5.75 Å². The van der Waals surface area contributed by atoms with Crippen molar-refractivity contribution in [3.8, 4) is 5.75 Å². The molecular weight excluding hydrogens is 309 g/mol. The number of hydrogen-bond acceptors (Lipinski definition) is 4. The number of sulfonamides is 1. The van der Waals surface area contributed by atoms with Crippen molar-refractivity contribution in [1.29, 1.82) is 0 Å². The number of benzene rings is 2. The van der Waals surface area contributed by atoms with E-state index in [0.29, 0.717) is 5.75 Å². The monoisotopic (exact) mass is 323 g/mol. The molecule has 0 unspecified atom stereocenters. The van der Waals surface area contributed by atoms with Gasteiger partial charge in [-0.1, -0.05) is 12.1 Å². The molecule has 0 heterocycles. The van der Waals surface area contributed by atoms with Crippen LogP contribution in [-0.2, 0) is 14.8 Å². The maximum absolute atomic E-state index is 12.8. The summed E-state index contributed by atoms with van der Waals surface area (Å²) in [4.78, 5) is 11.5. The van der Waals surface area contributed by atoms with E-state index < -0.39 is 28.4 Å². The van der Waals surface area contributed by atoms with E-state index in [1.165, 1.54) is 0 Å². The fraction of sp³-hybridized carbons (Fsp3) is 0.133. The van der Waals surface area contributed by atoms with Crippen molar-refractivity contribution in [3.05, 3.63) is 59.9 Å². The number of ether oxygens (including phenoxy) is 1. The Morgan fingerprint density at radius 3 is 2.50 bits per heavy atom. The number of aryl methyl sites for hydroxylation is 1. The molecule has 5 nitrogen and oxygen atoms in total. The Balaban J connectivity index is 1.97. The van der Waals surface area contributed by atoms with Crippen molar-refractivity contribution in [2.75, 3.05) is 6.54 Å². The van der Waals surface area contributed by atoms with Crippen molar-refractivity contribution in [1.82, 2.24) is 4.72 Å². The summed E-state index contributed by atoms with van der Waals surface area (Å²) >= 11 is 0. The Morgan fingerprint density at radius 1 is 1.18 bits per heavy atom. The number of carbonyl (C=O) groups is 1. The van der Waals surface area contributed by atoms with Crippen LogP contribution < -0.4 is 9.46 Å². The summed E-state index contributed by atoms with van der Waals surface area (Å²) in [6.07, 6.45) is 0. The fourth-order valence-electron chi connectivity index (χ4n) is 1.70. The van der Waals surface area contributed by atoms with E-state index >= 15 is 0 Å². The minimum Gasteiger partial charge on any atom is -0.426 e. The lowest BCUT2D eigenvalue weighted by Crippen LogP contribution is -2.32. The van der Waals surface area contributed by atoms with E-state index in [9.17, 15) is 17.6 Å². The minimum atomic E-state index is -3.89. The number of rotatable bonds is 5. The number of esters is 1. The normalized spacial score (nSPS) is 11.2. The summed E-state index contributed by atoms with van der Waals surface area (Å²) in [5, 5.41) is 0. The Labute approximate surface area is 127 Å². The molecule has 2 rings (SSSR count). The Bertz CT molecular complexity index is 772. The number of carbonyl (C=O) groups excluding carboxylic acids is 1. The van der Waals surface area contributed by atoms with Gasteiger partial charge in [0.2, 0.25) is 10.0 Å². The fourth-order valence-corrected chi connectivity index (χ4v) is 2.67. The quantitative estimate of drug-likeness (QED) is 0.675. The molecule has 0 fully saturated rings. The van der Waals surface area contributed by atoms with Crippen LogP contribution in [0.1, 0.15) is 5.56 Å². The average Bonchev–Trinajstić information content (AvgIpc) is 2.46.